The van der Waals surface area contributed by atoms with E-state index in [0.717, 1.165) is 12.8 Å². The van der Waals surface area contributed by atoms with Crippen LogP contribution in [0.5, 0.6) is 5.75 Å². The minimum absolute atomic E-state index is 0.0663. The zero-order valence-corrected chi connectivity index (χ0v) is 17.0. The highest BCUT2D eigenvalue weighted by Gasteiger charge is 2.42. The maximum Gasteiger partial charge on any atom is 0.340 e. The second kappa shape index (κ2) is 7.40. The number of hydrogen-bond donors (Lipinski definition) is 0. The van der Waals surface area contributed by atoms with Gasteiger partial charge in [-0.2, -0.15) is 0 Å². The minimum atomic E-state index is -0.901. The molecule has 0 spiro atoms. The lowest BCUT2D eigenvalue weighted by atomic mass is 9.75. The molecule has 4 atom stereocenters. The van der Waals surface area contributed by atoms with E-state index in [0.29, 0.717) is 34.1 Å². The fraction of sp³-hybridized carbons (Fsp3) is 0.667. The summed E-state index contributed by atoms with van der Waals surface area (Å²) in [4.78, 5) is 13.1. The average Bonchev–Trinajstić information content (AvgIpc) is 2.53. The number of benzene rings is 1. The number of fused-ring (bicyclic) bond motifs is 1. The van der Waals surface area contributed by atoms with E-state index in [-0.39, 0.29) is 12.1 Å². The highest BCUT2D eigenvalue weighted by atomic mass is 35.5. The molecule has 0 bridgehead atoms. The molecule has 0 N–H and O–H groups in total. The molecule has 0 radical (unpaired) electrons. The van der Waals surface area contributed by atoms with Crippen LogP contribution in [0.15, 0.2) is 18.2 Å². The fourth-order valence-electron chi connectivity index (χ4n) is 4.09. The third-order valence-corrected chi connectivity index (χ3v) is 5.69. The van der Waals surface area contributed by atoms with Crippen LogP contribution in [-0.4, -0.2) is 17.9 Å². The Labute approximate surface area is 161 Å². The summed E-state index contributed by atoms with van der Waals surface area (Å²) < 4.78 is 17.8. The van der Waals surface area contributed by atoms with Gasteiger partial charge in [0.05, 0.1) is 0 Å². The second-order valence-electron chi connectivity index (χ2n) is 8.48. The molecule has 26 heavy (non-hydrogen) atoms. The van der Waals surface area contributed by atoms with Gasteiger partial charge < -0.3 is 14.2 Å². The maximum absolute atomic E-state index is 13.1. The van der Waals surface area contributed by atoms with Crippen LogP contribution in [-0.2, 0) is 14.3 Å². The summed E-state index contributed by atoms with van der Waals surface area (Å²) >= 11 is 6.13. The number of ether oxygens (including phenoxy) is 3. The predicted octanol–water partition coefficient (Wildman–Crippen LogP) is 5.53. The number of hydrogen-bond acceptors (Lipinski definition) is 4. The molecule has 1 unspecified atom stereocenters. The normalized spacial score (nSPS) is 30.4. The largest absolute Gasteiger partial charge is 0.463 e. The van der Waals surface area contributed by atoms with Crippen LogP contribution < -0.4 is 4.74 Å². The van der Waals surface area contributed by atoms with Gasteiger partial charge in [-0.1, -0.05) is 38.8 Å². The van der Waals surface area contributed by atoms with Crippen molar-refractivity contribution in [3.63, 3.8) is 0 Å². The van der Waals surface area contributed by atoms with Gasteiger partial charge in [-0.15, -0.1) is 0 Å². The molecule has 1 aliphatic carbocycles. The Morgan fingerprint density at radius 1 is 1.31 bits per heavy atom. The van der Waals surface area contributed by atoms with Gasteiger partial charge >= 0.3 is 5.97 Å². The topological polar surface area (TPSA) is 44.8 Å². The molecule has 1 heterocycles. The van der Waals surface area contributed by atoms with Gasteiger partial charge in [0.1, 0.15) is 11.9 Å². The van der Waals surface area contributed by atoms with Crippen molar-refractivity contribution < 1.29 is 19.0 Å². The molecule has 5 heteroatoms. The molecule has 2 aliphatic rings. The molecule has 1 aromatic rings. The van der Waals surface area contributed by atoms with E-state index in [9.17, 15) is 4.79 Å². The third kappa shape index (κ3) is 4.17. The molecule has 1 aliphatic heterocycles. The summed E-state index contributed by atoms with van der Waals surface area (Å²) in [6.45, 7) is 10.2. The highest BCUT2D eigenvalue weighted by molar-refractivity contribution is 6.30. The van der Waals surface area contributed by atoms with Gasteiger partial charge in [-0.25, -0.2) is 4.79 Å². The summed E-state index contributed by atoms with van der Waals surface area (Å²) in [5.74, 6) is 0.800. The summed E-state index contributed by atoms with van der Waals surface area (Å²) in [5, 5.41) is 0.541. The molecule has 0 amide bonds. The van der Waals surface area contributed by atoms with Gasteiger partial charge in [0.15, 0.2) is 6.10 Å². The SMILES string of the molecule is CC(C)[C@H]1CC[C@H](C)C[C@@H]1OC(=O)C1OC(C)(C)Oc2ccc(Cl)cc21. The molecule has 0 aromatic heterocycles. The van der Waals surface area contributed by atoms with Crippen LogP contribution in [0.2, 0.25) is 5.02 Å². The molecule has 0 saturated heterocycles. The predicted molar refractivity (Wildman–Crippen MR) is 101 cm³/mol. The van der Waals surface area contributed by atoms with Crippen LogP contribution in [0.3, 0.4) is 0 Å². The van der Waals surface area contributed by atoms with Gasteiger partial charge in [0.2, 0.25) is 5.79 Å². The zero-order valence-electron chi connectivity index (χ0n) is 16.3. The minimum Gasteiger partial charge on any atom is -0.463 e. The first-order valence-corrected chi connectivity index (χ1v) is 9.91. The molecular formula is C21H29ClO4. The Bertz CT molecular complexity index is 670. The first kappa shape index (κ1) is 19.5. The lowest BCUT2D eigenvalue weighted by Gasteiger charge is -2.40. The van der Waals surface area contributed by atoms with Crippen LogP contribution in [0, 0.1) is 17.8 Å². The van der Waals surface area contributed by atoms with Crippen molar-refractivity contribution in [3.8, 4) is 5.75 Å². The zero-order chi connectivity index (χ0) is 19.1. The van der Waals surface area contributed by atoms with Crippen molar-refractivity contribution in [1.29, 1.82) is 0 Å². The number of halogens is 1. The monoisotopic (exact) mass is 380 g/mol. The Morgan fingerprint density at radius 2 is 2.04 bits per heavy atom. The van der Waals surface area contributed by atoms with Gasteiger partial charge in [0, 0.05) is 24.4 Å². The van der Waals surface area contributed by atoms with E-state index >= 15 is 0 Å². The Morgan fingerprint density at radius 3 is 2.73 bits per heavy atom. The van der Waals surface area contributed by atoms with Crippen molar-refractivity contribution in [2.45, 2.75) is 71.9 Å². The summed E-state index contributed by atoms with van der Waals surface area (Å²) in [6.07, 6.45) is 2.31. The Hall–Kier alpha value is -1.26. The summed E-state index contributed by atoms with van der Waals surface area (Å²) in [6, 6.07) is 5.26. The van der Waals surface area contributed by atoms with Gasteiger partial charge in [-0.05, 0) is 48.8 Å². The number of carbonyl (C=O) groups is 1. The molecule has 4 nitrogen and oxygen atoms in total. The highest BCUT2D eigenvalue weighted by Crippen LogP contribution is 2.42. The molecule has 1 aromatic carbocycles. The maximum atomic E-state index is 13.1. The van der Waals surface area contributed by atoms with E-state index in [2.05, 4.69) is 20.8 Å². The lowest BCUT2D eigenvalue weighted by molar-refractivity contribution is -0.224. The number of carbonyl (C=O) groups excluding carboxylic acids is 1. The van der Waals surface area contributed by atoms with Crippen molar-refractivity contribution in [2.75, 3.05) is 0 Å². The second-order valence-corrected chi connectivity index (χ2v) is 8.92. The standard InChI is InChI=1S/C21H29ClO4/c1-12(2)15-8-6-13(3)10-18(15)24-20(23)19-16-11-14(22)7-9-17(16)25-21(4,5)26-19/h7,9,11-13,15,18-19H,6,8,10H2,1-5H3/t13-,15+,18-,19?/m0/s1. The number of esters is 1. The molecule has 144 valence electrons. The van der Waals surface area contributed by atoms with E-state index in [1.165, 1.54) is 6.42 Å². The van der Waals surface area contributed by atoms with Crippen LogP contribution in [0.4, 0.5) is 0 Å². The first-order chi connectivity index (χ1) is 12.2. The molecular weight excluding hydrogens is 352 g/mol. The fourth-order valence-corrected chi connectivity index (χ4v) is 4.27. The van der Waals surface area contributed by atoms with Crippen molar-refractivity contribution in [3.05, 3.63) is 28.8 Å². The number of rotatable bonds is 3. The summed E-state index contributed by atoms with van der Waals surface area (Å²) in [5.41, 5.74) is 0.631. The van der Waals surface area contributed by atoms with Crippen LogP contribution >= 0.6 is 11.6 Å². The van der Waals surface area contributed by atoms with E-state index in [1.54, 1.807) is 32.0 Å². The first-order valence-electron chi connectivity index (χ1n) is 9.53. The molecule has 1 saturated carbocycles. The third-order valence-electron chi connectivity index (χ3n) is 5.45. The van der Waals surface area contributed by atoms with Crippen molar-refractivity contribution in [2.24, 2.45) is 17.8 Å². The Balaban J connectivity index is 1.83. The summed E-state index contributed by atoms with van der Waals surface area (Å²) in [7, 11) is 0. The van der Waals surface area contributed by atoms with Crippen molar-refractivity contribution >= 4 is 17.6 Å². The van der Waals surface area contributed by atoms with Crippen LogP contribution in [0.1, 0.15) is 65.5 Å². The lowest BCUT2D eigenvalue weighted by Crippen LogP contribution is -2.43. The van der Waals surface area contributed by atoms with Crippen molar-refractivity contribution in [1.82, 2.24) is 0 Å². The van der Waals surface area contributed by atoms with Crippen LogP contribution in [0.25, 0.3) is 0 Å². The van der Waals surface area contributed by atoms with Gasteiger partial charge in [0.25, 0.3) is 0 Å². The molecule has 1 fully saturated rings. The van der Waals surface area contributed by atoms with E-state index in [1.807, 2.05) is 0 Å². The van der Waals surface area contributed by atoms with E-state index < -0.39 is 11.9 Å². The quantitative estimate of drug-likeness (QED) is 0.646. The van der Waals surface area contributed by atoms with Gasteiger partial charge in [-0.3, -0.25) is 0 Å². The van der Waals surface area contributed by atoms with E-state index in [4.69, 9.17) is 25.8 Å². The average molecular weight is 381 g/mol. The smallest absolute Gasteiger partial charge is 0.340 e. The molecule has 3 rings (SSSR count). The Kier molecular flexibility index (Phi) is 5.55.